The van der Waals surface area contributed by atoms with Crippen LogP contribution in [0.2, 0.25) is 0 Å². The molecule has 3 rings (SSSR count). The zero-order chi connectivity index (χ0) is 13.1. The van der Waals surface area contributed by atoms with Crippen LogP contribution in [0.15, 0.2) is 30.3 Å². The van der Waals surface area contributed by atoms with Gasteiger partial charge in [-0.05, 0) is 56.6 Å². The molecule has 2 heterocycles. The Balaban J connectivity index is 1.80. The van der Waals surface area contributed by atoms with E-state index < -0.39 is 0 Å². The molecule has 1 aliphatic heterocycles. The topological polar surface area (TPSA) is 37.0 Å². The molecule has 0 aliphatic carbocycles. The highest BCUT2D eigenvalue weighted by atomic mass is 15.0. The zero-order valence-electron chi connectivity index (χ0n) is 11.4. The molecule has 19 heavy (non-hydrogen) atoms. The smallest absolute Gasteiger partial charge is 0.0706 e. The lowest BCUT2D eigenvalue weighted by Gasteiger charge is -2.24. The summed E-state index contributed by atoms with van der Waals surface area (Å²) in [5, 5.41) is 8.25. The second-order valence-electron chi connectivity index (χ2n) is 5.23. The van der Waals surface area contributed by atoms with Crippen molar-refractivity contribution in [2.45, 2.75) is 32.2 Å². The fraction of sp³-hybridized carbons (Fsp3) is 0.438. The number of hydrogen-bond donors (Lipinski definition) is 2. The molecule has 0 bridgehead atoms. The van der Waals surface area contributed by atoms with E-state index in [2.05, 4.69) is 52.9 Å². The van der Waals surface area contributed by atoms with Crippen LogP contribution in [0.5, 0.6) is 0 Å². The third-order valence-electron chi connectivity index (χ3n) is 3.82. The van der Waals surface area contributed by atoms with Crippen molar-refractivity contribution in [1.82, 2.24) is 10.3 Å². The minimum absolute atomic E-state index is 0.599. The molecule has 100 valence electrons. The Morgan fingerprint density at radius 3 is 2.84 bits per heavy atom. The Morgan fingerprint density at radius 1 is 1.21 bits per heavy atom. The van der Waals surface area contributed by atoms with E-state index in [1.54, 1.807) is 0 Å². The van der Waals surface area contributed by atoms with Gasteiger partial charge in [0, 0.05) is 22.8 Å². The Hall–Kier alpha value is -1.61. The fourth-order valence-electron chi connectivity index (χ4n) is 2.66. The molecule has 1 aliphatic rings. The molecule has 1 aromatic heterocycles. The highest BCUT2D eigenvalue weighted by Crippen LogP contribution is 2.20. The van der Waals surface area contributed by atoms with Crippen LogP contribution in [0.3, 0.4) is 0 Å². The van der Waals surface area contributed by atoms with Crippen LogP contribution in [-0.2, 0) is 6.42 Å². The largest absolute Gasteiger partial charge is 0.382 e. The van der Waals surface area contributed by atoms with Crippen molar-refractivity contribution >= 4 is 16.6 Å². The van der Waals surface area contributed by atoms with Gasteiger partial charge in [0.05, 0.1) is 5.52 Å². The maximum Gasteiger partial charge on any atom is 0.0706 e. The summed E-state index contributed by atoms with van der Waals surface area (Å²) in [5.41, 5.74) is 3.47. The van der Waals surface area contributed by atoms with E-state index in [4.69, 9.17) is 0 Å². The quantitative estimate of drug-likeness (QED) is 0.885. The van der Waals surface area contributed by atoms with Crippen molar-refractivity contribution in [3.63, 3.8) is 0 Å². The minimum atomic E-state index is 0.599. The van der Waals surface area contributed by atoms with E-state index in [0.717, 1.165) is 30.7 Å². The number of nitrogens with one attached hydrogen (secondary N) is 2. The number of piperidine rings is 1. The Morgan fingerprint density at radius 2 is 2.05 bits per heavy atom. The van der Waals surface area contributed by atoms with Gasteiger partial charge in [0.15, 0.2) is 0 Å². The van der Waals surface area contributed by atoms with Crippen molar-refractivity contribution < 1.29 is 0 Å². The minimum Gasteiger partial charge on any atom is -0.382 e. The van der Waals surface area contributed by atoms with Crippen molar-refractivity contribution in [2.75, 3.05) is 18.4 Å². The average molecular weight is 255 g/mol. The first kappa shape index (κ1) is 12.4. The first-order chi connectivity index (χ1) is 9.35. The first-order valence-electron chi connectivity index (χ1n) is 7.22. The number of aryl methyl sites for hydroxylation is 1. The number of anilines is 1. The van der Waals surface area contributed by atoms with Gasteiger partial charge in [-0.2, -0.15) is 0 Å². The maximum absolute atomic E-state index is 4.64. The van der Waals surface area contributed by atoms with E-state index in [1.807, 2.05) is 0 Å². The average Bonchev–Trinajstić information content (AvgIpc) is 2.48. The van der Waals surface area contributed by atoms with E-state index in [0.29, 0.717) is 6.04 Å². The highest BCUT2D eigenvalue weighted by molar-refractivity contribution is 5.82. The molecule has 1 saturated heterocycles. The van der Waals surface area contributed by atoms with Gasteiger partial charge in [0.1, 0.15) is 0 Å². The van der Waals surface area contributed by atoms with E-state index >= 15 is 0 Å². The standard InChI is InChI=1S/C16H21N3/c1-2-13-4-3-12-11-15(5-6-16(12)19-13)18-14-7-9-17-10-8-14/h3-6,11,14,17-18H,2,7-10H2,1H3. The molecule has 0 amide bonds. The van der Waals surface area contributed by atoms with Crippen LogP contribution in [0.25, 0.3) is 10.9 Å². The highest BCUT2D eigenvalue weighted by Gasteiger charge is 2.12. The predicted molar refractivity (Wildman–Crippen MR) is 80.6 cm³/mol. The van der Waals surface area contributed by atoms with Gasteiger partial charge >= 0.3 is 0 Å². The number of nitrogens with zero attached hydrogens (tertiary/aromatic N) is 1. The normalized spacial score (nSPS) is 16.7. The van der Waals surface area contributed by atoms with Crippen molar-refractivity contribution in [2.24, 2.45) is 0 Å². The van der Waals surface area contributed by atoms with Crippen LogP contribution in [-0.4, -0.2) is 24.1 Å². The Kier molecular flexibility index (Phi) is 3.65. The number of benzene rings is 1. The van der Waals surface area contributed by atoms with Gasteiger partial charge in [0.2, 0.25) is 0 Å². The third-order valence-corrected chi connectivity index (χ3v) is 3.82. The summed E-state index contributed by atoms with van der Waals surface area (Å²) in [6.07, 6.45) is 3.39. The van der Waals surface area contributed by atoms with Crippen molar-refractivity contribution in [1.29, 1.82) is 0 Å². The molecule has 2 aromatic rings. The summed E-state index contributed by atoms with van der Waals surface area (Å²) < 4.78 is 0. The molecule has 2 N–H and O–H groups in total. The number of rotatable bonds is 3. The maximum atomic E-state index is 4.64. The van der Waals surface area contributed by atoms with Gasteiger partial charge in [-0.25, -0.2) is 0 Å². The zero-order valence-corrected chi connectivity index (χ0v) is 11.4. The number of aromatic nitrogens is 1. The van der Waals surface area contributed by atoms with Gasteiger partial charge < -0.3 is 10.6 Å². The molecular weight excluding hydrogens is 234 g/mol. The molecule has 0 radical (unpaired) electrons. The van der Waals surface area contributed by atoms with Crippen LogP contribution in [0.1, 0.15) is 25.5 Å². The Labute approximate surface area is 114 Å². The monoisotopic (exact) mass is 255 g/mol. The number of fused-ring (bicyclic) bond motifs is 1. The van der Waals surface area contributed by atoms with Gasteiger partial charge in [-0.15, -0.1) is 0 Å². The molecule has 1 fully saturated rings. The summed E-state index contributed by atoms with van der Waals surface area (Å²) in [4.78, 5) is 4.64. The predicted octanol–water partition coefficient (Wildman–Crippen LogP) is 2.96. The summed E-state index contributed by atoms with van der Waals surface area (Å²) in [6.45, 7) is 4.38. The Bertz CT molecular complexity index is 559. The van der Waals surface area contributed by atoms with Crippen LogP contribution >= 0.6 is 0 Å². The van der Waals surface area contributed by atoms with E-state index in [9.17, 15) is 0 Å². The second-order valence-corrected chi connectivity index (χ2v) is 5.23. The molecule has 1 aromatic carbocycles. The number of hydrogen-bond acceptors (Lipinski definition) is 3. The van der Waals surface area contributed by atoms with Gasteiger partial charge in [-0.3, -0.25) is 4.98 Å². The number of pyridine rings is 1. The van der Waals surface area contributed by atoms with Crippen molar-refractivity contribution in [3.8, 4) is 0 Å². The van der Waals surface area contributed by atoms with Crippen molar-refractivity contribution in [3.05, 3.63) is 36.0 Å². The molecule has 0 atom stereocenters. The summed E-state index contributed by atoms with van der Waals surface area (Å²) in [6, 6.07) is 11.4. The van der Waals surface area contributed by atoms with Gasteiger partial charge in [0.25, 0.3) is 0 Å². The molecule has 3 nitrogen and oxygen atoms in total. The molecule has 0 saturated carbocycles. The summed E-state index contributed by atoms with van der Waals surface area (Å²) in [5.74, 6) is 0. The SMILES string of the molecule is CCc1ccc2cc(NC3CCNCC3)ccc2n1. The lowest BCUT2D eigenvalue weighted by atomic mass is 10.1. The molecule has 3 heteroatoms. The molecular formula is C16H21N3. The summed E-state index contributed by atoms with van der Waals surface area (Å²) >= 11 is 0. The first-order valence-corrected chi connectivity index (χ1v) is 7.22. The second kappa shape index (κ2) is 5.57. The van der Waals surface area contributed by atoms with Gasteiger partial charge in [-0.1, -0.05) is 13.0 Å². The molecule has 0 unspecified atom stereocenters. The van der Waals surface area contributed by atoms with Crippen LogP contribution in [0, 0.1) is 0 Å². The molecule has 0 spiro atoms. The fourth-order valence-corrected chi connectivity index (χ4v) is 2.66. The lowest BCUT2D eigenvalue weighted by molar-refractivity contribution is 0.479. The third kappa shape index (κ3) is 2.87. The van der Waals surface area contributed by atoms with Crippen LogP contribution < -0.4 is 10.6 Å². The summed E-state index contributed by atoms with van der Waals surface area (Å²) in [7, 11) is 0. The van der Waals surface area contributed by atoms with E-state index in [-0.39, 0.29) is 0 Å². The van der Waals surface area contributed by atoms with E-state index in [1.165, 1.54) is 23.9 Å². The lowest BCUT2D eigenvalue weighted by Crippen LogP contribution is -2.35. The van der Waals surface area contributed by atoms with Crippen LogP contribution in [0.4, 0.5) is 5.69 Å².